The Bertz CT molecular complexity index is 2550. The van der Waals surface area contributed by atoms with E-state index in [1.807, 2.05) is 0 Å². The van der Waals surface area contributed by atoms with Crippen LogP contribution in [-0.2, 0) is 12.8 Å². The summed E-state index contributed by atoms with van der Waals surface area (Å²) in [5, 5.41) is 0. The fourth-order valence-corrected chi connectivity index (χ4v) is 9.64. The number of benzene rings is 5. The van der Waals surface area contributed by atoms with Crippen LogP contribution in [0.25, 0.3) is 44.8 Å². The maximum atomic E-state index is 5.48. The first kappa shape index (κ1) is 32.8. The highest BCUT2D eigenvalue weighted by Gasteiger charge is 2.31. The zero-order valence-corrected chi connectivity index (χ0v) is 31.1. The Labute approximate surface area is 320 Å². The summed E-state index contributed by atoms with van der Waals surface area (Å²) in [7, 11) is 0. The molecule has 1 heterocycles. The van der Waals surface area contributed by atoms with Crippen molar-refractivity contribution < 1.29 is 0 Å². The van der Waals surface area contributed by atoms with E-state index in [0.29, 0.717) is 11.8 Å². The second kappa shape index (κ2) is 13.9. The number of nitrogens with zero attached hydrogens (tertiary/aromatic N) is 1. The Hall–Kier alpha value is -5.79. The molecule has 1 aromatic heterocycles. The topological polar surface area (TPSA) is 12.9 Å². The Morgan fingerprint density at radius 3 is 2.17 bits per heavy atom. The van der Waals surface area contributed by atoms with Gasteiger partial charge in [0, 0.05) is 23.0 Å². The average molecular weight is 696 g/mol. The van der Waals surface area contributed by atoms with Crippen molar-refractivity contribution in [2.75, 3.05) is 0 Å². The van der Waals surface area contributed by atoms with Gasteiger partial charge in [-0.3, -0.25) is 0 Å². The number of hydrogen-bond donors (Lipinski definition) is 0. The molecule has 0 N–H and O–H groups in total. The summed E-state index contributed by atoms with van der Waals surface area (Å²) in [6.45, 7) is 2.27. The third kappa shape index (κ3) is 5.93. The molecule has 2 atom stereocenters. The number of aromatic nitrogens is 1. The SMILES string of the molecule is CCC1=CC=C(c2cc(-c3cccc(CC4C5=C(C=CCC5)c5ccccc54)c3)nc(-c3cccc(C4Cc5ccccc5-c5ccccc54)c3)c2)CC1. The zero-order chi connectivity index (χ0) is 36.0. The average Bonchev–Trinajstić information content (AvgIpc) is 3.56. The predicted molar refractivity (Wildman–Crippen MR) is 226 cm³/mol. The lowest BCUT2D eigenvalue weighted by Gasteiger charge is -2.28. The highest BCUT2D eigenvalue weighted by Crippen LogP contribution is 2.48. The lowest BCUT2D eigenvalue weighted by atomic mass is 9.75. The van der Waals surface area contributed by atoms with Gasteiger partial charge in [-0.1, -0.05) is 152 Å². The van der Waals surface area contributed by atoms with Crippen molar-refractivity contribution in [2.45, 2.75) is 63.7 Å². The molecule has 6 aromatic rings. The second-order valence-corrected chi connectivity index (χ2v) is 15.5. The number of rotatable bonds is 7. The minimum atomic E-state index is 0.296. The molecule has 10 rings (SSSR count). The molecule has 5 aromatic carbocycles. The van der Waals surface area contributed by atoms with Crippen LogP contribution in [0, 0.1) is 0 Å². The third-order valence-corrected chi connectivity index (χ3v) is 12.5. The highest BCUT2D eigenvalue weighted by molar-refractivity contribution is 5.85. The van der Waals surface area contributed by atoms with E-state index in [4.69, 9.17) is 4.98 Å². The van der Waals surface area contributed by atoms with E-state index in [1.54, 1.807) is 5.57 Å². The first-order valence-corrected chi connectivity index (χ1v) is 20.0. The lowest BCUT2D eigenvalue weighted by molar-refractivity contribution is 0.751. The maximum Gasteiger partial charge on any atom is 0.0715 e. The van der Waals surface area contributed by atoms with Gasteiger partial charge in [0.1, 0.15) is 0 Å². The smallest absolute Gasteiger partial charge is 0.0715 e. The minimum absolute atomic E-state index is 0.296. The summed E-state index contributed by atoms with van der Waals surface area (Å²) in [5.41, 5.74) is 22.9. The molecule has 262 valence electrons. The van der Waals surface area contributed by atoms with Gasteiger partial charge in [0.2, 0.25) is 0 Å². The van der Waals surface area contributed by atoms with Crippen LogP contribution in [0.4, 0.5) is 0 Å². The number of fused-ring (bicyclic) bond motifs is 5. The van der Waals surface area contributed by atoms with Crippen molar-refractivity contribution in [3.05, 3.63) is 208 Å². The molecule has 0 saturated heterocycles. The van der Waals surface area contributed by atoms with Crippen molar-refractivity contribution in [2.24, 2.45) is 0 Å². The highest BCUT2D eigenvalue weighted by atomic mass is 14.7. The standard InChI is InChI=1S/C53H45N/c1-2-35-25-27-37(28-26-35)42-33-52(40-16-11-13-36(29-40)30-51-48-23-9-6-20-45(48)46-21-7-10-24-49(46)51)54-53(34-42)41-17-12-15-38(31-41)50-32-39-14-3-4-18-43(39)44-19-5-8-22-47(44)50/h3-9,11-23,25,27,29,31,33-34,50-51H,2,10,24,26,28,30,32H2,1H3. The van der Waals surface area contributed by atoms with Gasteiger partial charge in [-0.2, -0.15) is 0 Å². The number of hydrogen-bond acceptors (Lipinski definition) is 1. The molecular formula is C53H45N. The molecule has 1 nitrogen and oxygen atoms in total. The fraction of sp³-hybridized carbons (Fsp3) is 0.189. The van der Waals surface area contributed by atoms with E-state index >= 15 is 0 Å². The predicted octanol–water partition coefficient (Wildman–Crippen LogP) is 13.7. The van der Waals surface area contributed by atoms with E-state index in [-0.39, 0.29) is 0 Å². The maximum absolute atomic E-state index is 5.48. The second-order valence-electron chi connectivity index (χ2n) is 15.5. The quantitative estimate of drug-likeness (QED) is 0.162. The Balaban J connectivity index is 1.04. The number of allylic oxidation sites excluding steroid dienone is 8. The summed E-state index contributed by atoms with van der Waals surface area (Å²) >= 11 is 0. The van der Waals surface area contributed by atoms with E-state index < -0.39 is 0 Å². The Kier molecular flexibility index (Phi) is 8.44. The summed E-state index contributed by atoms with van der Waals surface area (Å²) in [5.74, 6) is 0.725. The molecule has 2 unspecified atom stereocenters. The van der Waals surface area contributed by atoms with Crippen LogP contribution >= 0.6 is 0 Å². The molecule has 54 heavy (non-hydrogen) atoms. The van der Waals surface area contributed by atoms with E-state index in [9.17, 15) is 0 Å². The minimum Gasteiger partial charge on any atom is -0.248 e. The molecule has 4 aliphatic carbocycles. The van der Waals surface area contributed by atoms with Gasteiger partial charge in [-0.15, -0.1) is 0 Å². The molecule has 0 spiro atoms. The first-order valence-electron chi connectivity index (χ1n) is 20.0. The summed E-state index contributed by atoms with van der Waals surface area (Å²) in [4.78, 5) is 5.48. The van der Waals surface area contributed by atoms with Gasteiger partial charge < -0.3 is 0 Å². The monoisotopic (exact) mass is 695 g/mol. The van der Waals surface area contributed by atoms with Gasteiger partial charge in [-0.05, 0) is 130 Å². The summed E-state index contributed by atoms with van der Waals surface area (Å²) in [6, 6.07) is 50.1. The van der Waals surface area contributed by atoms with Crippen molar-refractivity contribution in [3.63, 3.8) is 0 Å². The van der Waals surface area contributed by atoms with Crippen LogP contribution in [0.5, 0.6) is 0 Å². The Morgan fingerprint density at radius 2 is 1.35 bits per heavy atom. The van der Waals surface area contributed by atoms with Crippen LogP contribution < -0.4 is 0 Å². The lowest BCUT2D eigenvalue weighted by Crippen LogP contribution is -2.12. The molecule has 0 radical (unpaired) electrons. The molecule has 0 amide bonds. The first-order chi connectivity index (χ1) is 26.7. The van der Waals surface area contributed by atoms with Crippen LogP contribution in [-0.4, -0.2) is 4.98 Å². The largest absolute Gasteiger partial charge is 0.248 e. The number of pyridine rings is 1. The van der Waals surface area contributed by atoms with E-state index in [2.05, 4.69) is 165 Å². The normalized spacial score (nSPS) is 18.3. The molecule has 1 heteroatoms. The van der Waals surface area contributed by atoms with Crippen molar-refractivity contribution in [3.8, 4) is 33.6 Å². The molecule has 0 bridgehead atoms. The van der Waals surface area contributed by atoms with Crippen molar-refractivity contribution in [1.82, 2.24) is 4.98 Å². The molecule has 4 aliphatic rings. The van der Waals surface area contributed by atoms with Gasteiger partial charge >= 0.3 is 0 Å². The third-order valence-electron chi connectivity index (χ3n) is 12.5. The van der Waals surface area contributed by atoms with Crippen LogP contribution in [0.2, 0.25) is 0 Å². The summed E-state index contributed by atoms with van der Waals surface area (Å²) in [6.07, 6.45) is 17.0. The van der Waals surface area contributed by atoms with E-state index in [0.717, 1.165) is 56.3 Å². The van der Waals surface area contributed by atoms with Crippen LogP contribution in [0.15, 0.2) is 169 Å². The molecular weight excluding hydrogens is 651 g/mol. The van der Waals surface area contributed by atoms with Gasteiger partial charge in [0.25, 0.3) is 0 Å². The van der Waals surface area contributed by atoms with Gasteiger partial charge in [0.05, 0.1) is 11.4 Å². The molecule has 0 fully saturated rings. The van der Waals surface area contributed by atoms with Gasteiger partial charge in [0.15, 0.2) is 0 Å². The van der Waals surface area contributed by atoms with Crippen molar-refractivity contribution in [1.29, 1.82) is 0 Å². The zero-order valence-electron chi connectivity index (χ0n) is 31.1. The molecule has 0 aliphatic heterocycles. The van der Waals surface area contributed by atoms with Crippen LogP contribution in [0.3, 0.4) is 0 Å². The van der Waals surface area contributed by atoms with Gasteiger partial charge in [-0.25, -0.2) is 4.98 Å². The van der Waals surface area contributed by atoms with E-state index in [1.165, 1.54) is 77.9 Å². The van der Waals surface area contributed by atoms with Crippen LogP contribution in [0.1, 0.15) is 89.8 Å². The van der Waals surface area contributed by atoms with Crippen molar-refractivity contribution >= 4 is 11.1 Å². The fourth-order valence-electron chi connectivity index (χ4n) is 9.64. The Morgan fingerprint density at radius 1 is 0.611 bits per heavy atom. The molecule has 0 saturated carbocycles. The summed E-state index contributed by atoms with van der Waals surface area (Å²) < 4.78 is 0.